The monoisotopic (exact) mass is 881 g/mol. The Morgan fingerprint density at radius 1 is 0.410 bits per heavy atom. The zero-order valence-electron chi connectivity index (χ0n) is 30.6. The summed E-state index contributed by atoms with van der Waals surface area (Å²) in [5, 5.41) is 52.4. The van der Waals surface area contributed by atoms with Crippen LogP contribution in [0.25, 0.3) is 21.5 Å². The number of hydrogen-bond acceptors (Lipinski definition) is 17. The number of phenolic OH excluding ortho intramolecular Hbond substituents is 2. The van der Waals surface area contributed by atoms with Crippen molar-refractivity contribution in [2.75, 3.05) is 5.73 Å². The van der Waals surface area contributed by atoms with Crippen molar-refractivity contribution in [3.05, 3.63) is 121 Å². The average Bonchev–Trinajstić information content (AvgIpc) is 3.21. The number of hydrogen-bond donors (Lipinski definition) is 6. The molecule has 0 unspecified atom stereocenters. The maximum absolute atomic E-state index is 12.9. The summed E-state index contributed by atoms with van der Waals surface area (Å²) < 4.78 is 107. The van der Waals surface area contributed by atoms with Crippen LogP contribution >= 0.6 is 0 Å². The number of anilines is 1. The normalized spacial score (nSPS) is 12.8. The lowest BCUT2D eigenvalue weighted by Gasteiger charge is -2.13. The van der Waals surface area contributed by atoms with Gasteiger partial charge in [0.1, 0.15) is 37.4 Å². The molecule has 0 amide bonds. The van der Waals surface area contributed by atoms with E-state index in [1.54, 1.807) is 54.6 Å². The van der Waals surface area contributed by atoms with Crippen LogP contribution in [0.4, 0.5) is 51.2 Å². The number of phenols is 2. The average molecular weight is 882 g/mol. The van der Waals surface area contributed by atoms with Gasteiger partial charge < -0.3 is 15.9 Å². The smallest absolute Gasteiger partial charge is 0.297 e. The van der Waals surface area contributed by atoms with Gasteiger partial charge in [0.2, 0.25) is 0 Å². The summed E-state index contributed by atoms with van der Waals surface area (Å²) in [6, 6.07) is 29.0. The van der Waals surface area contributed by atoms with Gasteiger partial charge in [-0.2, -0.15) is 45.7 Å². The third-order valence-electron chi connectivity index (χ3n) is 8.66. The summed E-state index contributed by atoms with van der Waals surface area (Å²) in [7, 11) is -15.8. The highest BCUT2D eigenvalue weighted by Crippen LogP contribution is 2.48. The van der Waals surface area contributed by atoms with Gasteiger partial charge >= 0.3 is 0 Å². The molecule has 0 aliphatic heterocycles. The molecule has 0 saturated heterocycles. The first-order chi connectivity index (χ1) is 28.9. The van der Waals surface area contributed by atoms with Gasteiger partial charge in [-0.3, -0.25) is 13.7 Å². The van der Waals surface area contributed by atoms with E-state index in [4.69, 9.17) is 5.73 Å². The minimum absolute atomic E-state index is 0.139. The number of aromatic hydroxyl groups is 2. The Labute approximate surface area is 345 Å². The zero-order valence-corrected chi connectivity index (χ0v) is 33.1. The van der Waals surface area contributed by atoms with Gasteiger partial charge in [-0.1, -0.05) is 42.5 Å². The molecule has 0 saturated carbocycles. The summed E-state index contributed by atoms with van der Waals surface area (Å²) in [5.41, 5.74) is 5.24. The number of nitrogens with zero attached hydrogens (tertiary/aromatic N) is 8. The molecule has 7 aromatic carbocycles. The van der Waals surface area contributed by atoms with E-state index in [1.807, 2.05) is 6.07 Å². The van der Waals surface area contributed by atoms with Gasteiger partial charge in [-0.25, -0.2) is 0 Å². The minimum Gasteiger partial charge on any atom is -0.505 e. The fraction of sp³-hybridized carbons (Fsp3) is 0. The third-order valence-corrected chi connectivity index (χ3v) is 11.4. The molecule has 0 aromatic heterocycles. The largest absolute Gasteiger partial charge is 0.505 e. The Morgan fingerprint density at radius 2 is 0.869 bits per heavy atom. The summed E-state index contributed by atoms with van der Waals surface area (Å²) >= 11 is 0. The highest BCUT2D eigenvalue weighted by atomic mass is 32.2. The Hall–Kier alpha value is -7.41. The molecule has 0 heterocycles. The Kier molecular flexibility index (Phi) is 11.2. The van der Waals surface area contributed by atoms with Crippen molar-refractivity contribution in [3.8, 4) is 11.5 Å². The third kappa shape index (κ3) is 8.96. The second-order valence-electron chi connectivity index (χ2n) is 12.7. The lowest BCUT2D eigenvalue weighted by molar-refractivity contribution is 0.471. The van der Waals surface area contributed by atoms with Gasteiger partial charge in [0.25, 0.3) is 30.4 Å². The molecule has 0 aliphatic rings. The molecule has 0 bridgehead atoms. The van der Waals surface area contributed by atoms with E-state index < -0.39 is 90.1 Å². The fourth-order valence-corrected chi connectivity index (χ4v) is 8.06. The molecule has 61 heavy (non-hydrogen) atoms. The molecule has 0 spiro atoms. The maximum Gasteiger partial charge on any atom is 0.297 e. The molecule has 20 nitrogen and oxygen atoms in total. The van der Waals surface area contributed by atoms with Crippen LogP contribution in [0.2, 0.25) is 0 Å². The number of nitrogens with two attached hydrogens (primary N) is 1. The van der Waals surface area contributed by atoms with Crippen molar-refractivity contribution >= 4 is 103 Å². The van der Waals surface area contributed by atoms with Crippen molar-refractivity contribution in [1.82, 2.24) is 0 Å². The Morgan fingerprint density at radius 3 is 1.41 bits per heavy atom. The van der Waals surface area contributed by atoms with Crippen LogP contribution in [0.3, 0.4) is 0 Å². The predicted molar refractivity (Wildman–Crippen MR) is 221 cm³/mol. The molecule has 0 aliphatic carbocycles. The van der Waals surface area contributed by atoms with Gasteiger partial charge in [0, 0.05) is 16.2 Å². The predicted octanol–water partition coefficient (Wildman–Crippen LogP) is 10.4. The Bertz CT molecular complexity index is 3350. The SMILES string of the molecule is Nc1c(N=Nc2ccc3c(O)c(N=Nc4ccc(N=Nc5ccccc5)cc4)c(S(=O)(=O)O)cc3c2S(=O)(=O)O)cc(S(=O)(=O)O)c2ccc(N=Nc3ccccc3)c(O)c12. The van der Waals surface area contributed by atoms with Crippen LogP contribution in [-0.2, 0) is 30.4 Å². The first kappa shape index (κ1) is 41.7. The van der Waals surface area contributed by atoms with Crippen LogP contribution in [-0.4, -0.2) is 49.1 Å². The molecule has 0 atom stereocenters. The molecule has 0 radical (unpaired) electrons. The molecular weight excluding hydrogens is 855 g/mol. The summed E-state index contributed by atoms with van der Waals surface area (Å²) in [6.45, 7) is 0. The van der Waals surface area contributed by atoms with Crippen LogP contribution in [0.15, 0.2) is 177 Å². The summed E-state index contributed by atoms with van der Waals surface area (Å²) in [5.74, 6) is -1.66. The van der Waals surface area contributed by atoms with E-state index >= 15 is 0 Å². The maximum atomic E-state index is 12.9. The van der Waals surface area contributed by atoms with E-state index in [0.717, 1.165) is 18.2 Å². The molecular formula is C38H27N9O11S3. The van der Waals surface area contributed by atoms with E-state index in [2.05, 4.69) is 40.9 Å². The molecule has 23 heteroatoms. The second-order valence-corrected chi connectivity index (χ2v) is 16.8. The number of nitrogen functional groups attached to an aromatic ring is 1. The van der Waals surface area contributed by atoms with Gasteiger partial charge in [-0.05, 0) is 78.9 Å². The summed E-state index contributed by atoms with van der Waals surface area (Å²) in [4.78, 5) is -3.05. The fourth-order valence-electron chi connectivity index (χ4n) is 5.89. The van der Waals surface area contributed by atoms with E-state index in [1.165, 1.54) is 36.4 Å². The van der Waals surface area contributed by atoms with Crippen LogP contribution in [0.5, 0.6) is 11.5 Å². The van der Waals surface area contributed by atoms with Crippen LogP contribution < -0.4 is 5.73 Å². The highest BCUT2D eigenvalue weighted by Gasteiger charge is 2.28. The van der Waals surface area contributed by atoms with E-state index in [0.29, 0.717) is 23.1 Å². The van der Waals surface area contributed by atoms with E-state index in [9.17, 15) is 49.1 Å². The highest BCUT2D eigenvalue weighted by molar-refractivity contribution is 7.86. The standard InChI is InChI=1S/C38H27N9O11S3/c39-34-30(20-31(59(50,51)52)26-16-17-28(37(49)33(26)34)44-42-22-9-5-2-6-10-22)46-45-29-18-15-25-27(38(29)61(56,57)58)19-32(60(53,54)55)35(36(25)48)47-43-24-13-11-23(12-14-24)41-40-21-7-3-1-4-8-21/h1-20,48-49H,39H2,(H,50,51,52)(H,53,54,55)(H,56,57,58). The number of rotatable bonds is 11. The molecule has 7 rings (SSSR count). The zero-order chi connectivity index (χ0) is 43.7. The first-order valence-corrected chi connectivity index (χ1v) is 21.4. The Balaban J connectivity index is 1.32. The van der Waals surface area contributed by atoms with Gasteiger partial charge in [0.05, 0.1) is 33.8 Å². The lowest BCUT2D eigenvalue weighted by Crippen LogP contribution is -2.03. The van der Waals surface area contributed by atoms with E-state index in [-0.39, 0.29) is 22.1 Å². The quantitative estimate of drug-likeness (QED) is 0.0401. The van der Waals surface area contributed by atoms with Crippen molar-refractivity contribution in [2.45, 2.75) is 14.7 Å². The molecule has 0 fully saturated rings. The number of fused-ring (bicyclic) bond motifs is 2. The van der Waals surface area contributed by atoms with Crippen LogP contribution in [0, 0.1) is 0 Å². The topological polar surface area (TPSA) is 328 Å². The first-order valence-electron chi connectivity index (χ1n) is 17.1. The minimum atomic E-state index is -5.40. The molecule has 7 N–H and O–H groups in total. The van der Waals surface area contributed by atoms with Crippen molar-refractivity contribution in [2.24, 2.45) is 40.9 Å². The van der Waals surface area contributed by atoms with Crippen LogP contribution in [0.1, 0.15) is 0 Å². The van der Waals surface area contributed by atoms with Crippen molar-refractivity contribution < 1.29 is 49.1 Å². The second kappa shape index (κ2) is 16.3. The van der Waals surface area contributed by atoms with Crippen molar-refractivity contribution in [1.29, 1.82) is 0 Å². The molecule has 308 valence electrons. The summed E-state index contributed by atoms with van der Waals surface area (Å²) in [6.07, 6.45) is 0. The number of azo groups is 4. The van der Waals surface area contributed by atoms with Crippen molar-refractivity contribution in [3.63, 3.8) is 0 Å². The lowest BCUT2D eigenvalue weighted by atomic mass is 10.1. The number of benzene rings is 7. The molecule has 7 aromatic rings. The van der Waals surface area contributed by atoms with Gasteiger partial charge in [-0.15, -0.1) is 20.5 Å². The van der Waals surface area contributed by atoms with Gasteiger partial charge in [0.15, 0.2) is 11.5 Å².